The molecule has 31 heavy (non-hydrogen) atoms. The summed E-state index contributed by atoms with van der Waals surface area (Å²) in [6.07, 6.45) is 3.44. The van der Waals surface area contributed by atoms with Gasteiger partial charge in [-0.1, -0.05) is 30.3 Å². The maximum absolute atomic E-state index is 13.0. The number of aromatic nitrogens is 2. The quantitative estimate of drug-likeness (QED) is 0.744. The summed E-state index contributed by atoms with van der Waals surface area (Å²) in [6.45, 7) is 9.03. The Kier molecular flexibility index (Phi) is 6.35. The molecule has 2 amide bonds. The highest BCUT2D eigenvalue weighted by atomic mass is 16.2. The minimum Gasteiger partial charge on any atom is -0.342 e. The molecule has 4 rings (SSSR count). The summed E-state index contributed by atoms with van der Waals surface area (Å²) in [4.78, 5) is 39.0. The van der Waals surface area contributed by atoms with Crippen molar-refractivity contribution in [1.82, 2.24) is 19.8 Å². The van der Waals surface area contributed by atoms with Crippen LogP contribution in [0.2, 0.25) is 0 Å². The lowest BCUT2D eigenvalue weighted by Crippen LogP contribution is -2.32. The van der Waals surface area contributed by atoms with E-state index < -0.39 is 0 Å². The van der Waals surface area contributed by atoms with E-state index in [9.17, 15) is 9.59 Å². The van der Waals surface area contributed by atoms with Crippen LogP contribution in [0.3, 0.4) is 0 Å². The second kappa shape index (κ2) is 9.16. The third-order valence-corrected chi connectivity index (χ3v) is 6.76. The minimum absolute atomic E-state index is 0.146. The van der Waals surface area contributed by atoms with Crippen molar-refractivity contribution in [3.63, 3.8) is 0 Å². The molecule has 2 atom stereocenters. The molecular weight excluding hydrogens is 388 g/mol. The molecule has 6 heteroatoms. The molecule has 0 saturated carbocycles. The van der Waals surface area contributed by atoms with Gasteiger partial charge in [-0.05, 0) is 45.6 Å². The van der Waals surface area contributed by atoms with Crippen LogP contribution in [0.5, 0.6) is 0 Å². The Balaban J connectivity index is 1.43. The van der Waals surface area contributed by atoms with Crippen molar-refractivity contribution < 1.29 is 9.59 Å². The number of hydrogen-bond donors (Lipinski definition) is 0. The van der Waals surface area contributed by atoms with Gasteiger partial charge >= 0.3 is 0 Å². The molecule has 2 aromatic rings. The predicted octanol–water partition coefficient (Wildman–Crippen LogP) is 3.38. The van der Waals surface area contributed by atoms with E-state index in [4.69, 9.17) is 9.97 Å². The number of rotatable bonds is 5. The van der Waals surface area contributed by atoms with E-state index in [1.54, 1.807) is 0 Å². The van der Waals surface area contributed by atoms with E-state index in [1.807, 2.05) is 60.9 Å². The lowest BCUT2D eigenvalue weighted by Gasteiger charge is -2.21. The number of hydrogen-bond acceptors (Lipinski definition) is 4. The molecule has 1 aromatic heterocycles. The van der Waals surface area contributed by atoms with Crippen molar-refractivity contribution in [2.24, 2.45) is 0 Å². The number of aryl methyl sites for hydroxylation is 2. The molecule has 3 heterocycles. The van der Waals surface area contributed by atoms with Gasteiger partial charge in [0, 0.05) is 49.0 Å². The topological polar surface area (TPSA) is 66.4 Å². The summed E-state index contributed by atoms with van der Waals surface area (Å²) >= 11 is 0. The molecule has 0 spiro atoms. The van der Waals surface area contributed by atoms with Crippen molar-refractivity contribution >= 4 is 11.8 Å². The fraction of sp³-hybridized carbons (Fsp3) is 0.520. The highest BCUT2D eigenvalue weighted by molar-refractivity contribution is 5.83. The van der Waals surface area contributed by atoms with E-state index in [-0.39, 0.29) is 23.7 Å². The van der Waals surface area contributed by atoms with Gasteiger partial charge in [0.1, 0.15) is 5.82 Å². The number of carbonyl (C=O) groups is 2. The van der Waals surface area contributed by atoms with Crippen LogP contribution in [0, 0.1) is 13.8 Å². The van der Waals surface area contributed by atoms with E-state index in [1.165, 1.54) is 0 Å². The molecule has 2 saturated heterocycles. The summed E-state index contributed by atoms with van der Waals surface area (Å²) in [7, 11) is 0. The normalized spacial score (nSPS) is 19.6. The minimum atomic E-state index is -0.150. The van der Waals surface area contributed by atoms with E-state index in [2.05, 4.69) is 0 Å². The Morgan fingerprint density at radius 1 is 1.00 bits per heavy atom. The van der Waals surface area contributed by atoms with Gasteiger partial charge in [0.05, 0.1) is 12.3 Å². The molecule has 2 aliphatic heterocycles. The van der Waals surface area contributed by atoms with Crippen LogP contribution in [0.1, 0.15) is 66.4 Å². The van der Waals surface area contributed by atoms with Gasteiger partial charge in [-0.2, -0.15) is 0 Å². The van der Waals surface area contributed by atoms with Crippen molar-refractivity contribution in [2.75, 3.05) is 26.2 Å². The summed E-state index contributed by atoms with van der Waals surface area (Å²) in [5.41, 5.74) is 3.77. The summed E-state index contributed by atoms with van der Waals surface area (Å²) in [5, 5.41) is 0. The van der Waals surface area contributed by atoms with Gasteiger partial charge in [0.25, 0.3) is 0 Å². The van der Waals surface area contributed by atoms with Crippen LogP contribution in [0.15, 0.2) is 30.3 Å². The molecule has 0 bridgehead atoms. The Morgan fingerprint density at radius 3 is 2.29 bits per heavy atom. The summed E-state index contributed by atoms with van der Waals surface area (Å²) in [6, 6.07) is 9.93. The lowest BCUT2D eigenvalue weighted by atomic mass is 10.00. The third-order valence-electron chi connectivity index (χ3n) is 6.76. The Morgan fingerprint density at radius 2 is 1.65 bits per heavy atom. The van der Waals surface area contributed by atoms with E-state index in [0.29, 0.717) is 13.0 Å². The second-order valence-electron chi connectivity index (χ2n) is 8.90. The average molecular weight is 421 g/mol. The molecular formula is C25H32N4O2. The highest BCUT2D eigenvalue weighted by Crippen LogP contribution is 2.29. The Hall–Kier alpha value is -2.76. The number of amides is 2. The smallest absolute Gasteiger partial charge is 0.229 e. The second-order valence-corrected chi connectivity index (χ2v) is 8.90. The maximum Gasteiger partial charge on any atom is 0.229 e. The fourth-order valence-corrected chi connectivity index (χ4v) is 4.76. The standard InChI is InChI=1S/C25H32N4O2/c1-17(20-9-5-4-6-10-20)25(31)29-14-11-21(16-29)24-26-18(2)22(19(3)27-24)15-23(30)28-12-7-8-13-28/h4-6,9-10,17,21H,7-8,11-16H2,1-3H3/t17-,21-/m1/s1. The first-order chi connectivity index (χ1) is 14.9. The molecule has 0 unspecified atom stereocenters. The third kappa shape index (κ3) is 4.63. The number of likely N-dealkylation sites (tertiary alicyclic amines) is 2. The molecule has 2 aliphatic rings. The van der Waals surface area contributed by atoms with E-state index in [0.717, 1.165) is 67.2 Å². The molecule has 164 valence electrons. The van der Waals surface area contributed by atoms with Crippen molar-refractivity contribution in [3.8, 4) is 0 Å². The predicted molar refractivity (Wildman–Crippen MR) is 120 cm³/mol. The zero-order chi connectivity index (χ0) is 22.0. The number of carbonyl (C=O) groups excluding carboxylic acids is 2. The molecule has 0 radical (unpaired) electrons. The van der Waals surface area contributed by atoms with Gasteiger partial charge < -0.3 is 9.80 Å². The van der Waals surface area contributed by atoms with Crippen molar-refractivity contribution in [2.45, 2.75) is 58.3 Å². The van der Waals surface area contributed by atoms with Crippen molar-refractivity contribution in [3.05, 3.63) is 58.7 Å². The number of benzene rings is 1. The van der Waals surface area contributed by atoms with Crippen LogP contribution in [0.25, 0.3) is 0 Å². The van der Waals surface area contributed by atoms with Crippen LogP contribution >= 0.6 is 0 Å². The zero-order valence-electron chi connectivity index (χ0n) is 18.8. The van der Waals surface area contributed by atoms with Gasteiger partial charge in [0.2, 0.25) is 11.8 Å². The summed E-state index contributed by atoms with van der Waals surface area (Å²) in [5.74, 6) is 1.13. The maximum atomic E-state index is 13.0. The molecule has 0 N–H and O–H groups in total. The largest absolute Gasteiger partial charge is 0.342 e. The monoisotopic (exact) mass is 420 g/mol. The summed E-state index contributed by atoms with van der Waals surface area (Å²) < 4.78 is 0. The first-order valence-electron chi connectivity index (χ1n) is 11.4. The van der Waals surface area contributed by atoms with Gasteiger partial charge in [-0.25, -0.2) is 9.97 Å². The lowest BCUT2D eigenvalue weighted by molar-refractivity contribution is -0.131. The van der Waals surface area contributed by atoms with Gasteiger partial charge in [-0.15, -0.1) is 0 Å². The van der Waals surface area contributed by atoms with E-state index >= 15 is 0 Å². The average Bonchev–Trinajstić information content (AvgIpc) is 3.48. The molecule has 0 aliphatic carbocycles. The van der Waals surface area contributed by atoms with Crippen LogP contribution in [0.4, 0.5) is 0 Å². The Bertz CT molecular complexity index is 930. The van der Waals surface area contributed by atoms with Crippen molar-refractivity contribution in [1.29, 1.82) is 0 Å². The highest BCUT2D eigenvalue weighted by Gasteiger charge is 2.32. The van der Waals surface area contributed by atoms with Gasteiger partial charge in [0.15, 0.2) is 0 Å². The molecule has 2 fully saturated rings. The molecule has 1 aromatic carbocycles. The van der Waals surface area contributed by atoms with Gasteiger partial charge in [-0.3, -0.25) is 9.59 Å². The van der Waals surface area contributed by atoms with Crippen LogP contribution in [-0.4, -0.2) is 57.8 Å². The SMILES string of the molecule is Cc1nc([C@@H]2CCN(C(=O)[C@H](C)c3ccccc3)C2)nc(C)c1CC(=O)N1CCCC1. The Labute approximate surface area is 184 Å². The van der Waals surface area contributed by atoms with Crippen LogP contribution < -0.4 is 0 Å². The molecule has 6 nitrogen and oxygen atoms in total. The van der Waals surface area contributed by atoms with Crippen LogP contribution in [-0.2, 0) is 16.0 Å². The number of nitrogens with zero attached hydrogens (tertiary/aromatic N) is 4. The first kappa shape index (κ1) is 21.5. The zero-order valence-corrected chi connectivity index (χ0v) is 18.8. The fourth-order valence-electron chi connectivity index (χ4n) is 4.76. The first-order valence-corrected chi connectivity index (χ1v) is 11.4.